The number of hydrogen-bond acceptors (Lipinski definition) is 6. The van der Waals surface area contributed by atoms with Crippen LogP contribution in [0, 0.1) is 5.92 Å². The maximum Gasteiger partial charge on any atom is 0.274 e. The lowest BCUT2D eigenvalue weighted by molar-refractivity contribution is 0.0661. The largest absolute Gasteiger partial charge is 0.478 e. The van der Waals surface area contributed by atoms with E-state index in [1.54, 1.807) is 10.7 Å². The van der Waals surface area contributed by atoms with E-state index < -0.39 is 0 Å². The third-order valence-electron chi connectivity index (χ3n) is 5.42. The molecule has 1 aliphatic carbocycles. The number of likely N-dealkylation sites (tertiary alicyclic amines) is 1. The van der Waals surface area contributed by atoms with E-state index in [9.17, 15) is 4.79 Å². The first kappa shape index (κ1) is 15.8. The molecule has 0 radical (unpaired) electrons. The standard InChI is InChI=1S/C18H23N5O3/c24-18(14-10-16-23(20-14)7-2-8-25-16)22-6-1-3-12(11-22)9-15-19-17(21-26-15)13-4-5-13/h10,12-13H,1-9,11H2/t12-/m1/s1. The van der Waals surface area contributed by atoms with Crippen LogP contribution in [0.15, 0.2) is 10.6 Å². The zero-order valence-electron chi connectivity index (χ0n) is 14.8. The van der Waals surface area contributed by atoms with Crippen LogP contribution in [-0.2, 0) is 13.0 Å². The first-order valence-electron chi connectivity index (χ1n) is 9.58. The Balaban J connectivity index is 1.24. The number of aryl methyl sites for hydroxylation is 1. The monoisotopic (exact) mass is 357 g/mol. The lowest BCUT2D eigenvalue weighted by Gasteiger charge is -2.31. The van der Waals surface area contributed by atoms with E-state index in [2.05, 4.69) is 15.2 Å². The van der Waals surface area contributed by atoms with Crippen molar-refractivity contribution in [1.82, 2.24) is 24.8 Å². The van der Waals surface area contributed by atoms with E-state index in [0.717, 1.165) is 44.6 Å². The van der Waals surface area contributed by atoms with Crippen LogP contribution in [0.25, 0.3) is 0 Å². The van der Waals surface area contributed by atoms with Gasteiger partial charge in [0.25, 0.3) is 5.91 Å². The molecule has 0 unspecified atom stereocenters. The van der Waals surface area contributed by atoms with E-state index in [-0.39, 0.29) is 5.91 Å². The summed E-state index contributed by atoms with van der Waals surface area (Å²) in [4.78, 5) is 19.3. The van der Waals surface area contributed by atoms with Gasteiger partial charge in [-0.2, -0.15) is 10.1 Å². The summed E-state index contributed by atoms with van der Waals surface area (Å²) in [6.07, 6.45) is 6.08. The molecule has 1 atom stereocenters. The molecule has 0 N–H and O–H groups in total. The van der Waals surface area contributed by atoms with Crippen molar-refractivity contribution < 1.29 is 14.1 Å². The second kappa shape index (κ2) is 6.41. The summed E-state index contributed by atoms with van der Waals surface area (Å²) in [6.45, 7) is 2.99. The Morgan fingerprint density at radius 1 is 1.23 bits per heavy atom. The summed E-state index contributed by atoms with van der Waals surface area (Å²) < 4.78 is 12.8. The van der Waals surface area contributed by atoms with Crippen molar-refractivity contribution in [2.24, 2.45) is 5.92 Å². The summed E-state index contributed by atoms with van der Waals surface area (Å²) in [5.41, 5.74) is 0.483. The zero-order chi connectivity index (χ0) is 17.5. The molecule has 8 nitrogen and oxygen atoms in total. The Labute approximate surface area is 151 Å². The number of piperidine rings is 1. The maximum absolute atomic E-state index is 12.9. The van der Waals surface area contributed by atoms with Gasteiger partial charge in [-0.15, -0.1) is 0 Å². The van der Waals surface area contributed by atoms with Crippen LogP contribution < -0.4 is 4.74 Å². The smallest absolute Gasteiger partial charge is 0.274 e. The molecular weight excluding hydrogens is 334 g/mol. The van der Waals surface area contributed by atoms with Crippen LogP contribution >= 0.6 is 0 Å². The Hall–Kier alpha value is -2.38. The molecule has 2 aromatic heterocycles. The van der Waals surface area contributed by atoms with Crippen molar-refractivity contribution in [3.05, 3.63) is 23.5 Å². The van der Waals surface area contributed by atoms with Gasteiger partial charge in [-0.1, -0.05) is 5.16 Å². The van der Waals surface area contributed by atoms with E-state index in [1.165, 1.54) is 12.8 Å². The molecule has 26 heavy (non-hydrogen) atoms. The lowest BCUT2D eigenvalue weighted by atomic mass is 9.94. The third kappa shape index (κ3) is 3.08. The normalized spacial score (nSPS) is 22.8. The molecule has 1 saturated carbocycles. The molecule has 1 saturated heterocycles. The van der Waals surface area contributed by atoms with Crippen molar-refractivity contribution in [3.63, 3.8) is 0 Å². The number of nitrogens with zero attached hydrogens (tertiary/aromatic N) is 5. The number of rotatable bonds is 4. The molecule has 8 heteroatoms. The molecule has 0 bridgehead atoms. The van der Waals surface area contributed by atoms with Gasteiger partial charge in [0.05, 0.1) is 6.61 Å². The van der Waals surface area contributed by atoms with Crippen LogP contribution in [0.5, 0.6) is 5.88 Å². The molecule has 3 aliphatic rings. The zero-order valence-corrected chi connectivity index (χ0v) is 14.8. The predicted octanol–water partition coefficient (Wildman–Crippen LogP) is 2.02. The number of hydrogen-bond donors (Lipinski definition) is 0. The van der Waals surface area contributed by atoms with Crippen LogP contribution in [0.4, 0.5) is 0 Å². The predicted molar refractivity (Wildman–Crippen MR) is 90.9 cm³/mol. The fourth-order valence-electron chi connectivity index (χ4n) is 3.85. The van der Waals surface area contributed by atoms with Gasteiger partial charge in [0, 0.05) is 44.5 Å². The first-order valence-corrected chi connectivity index (χ1v) is 9.58. The molecule has 0 spiro atoms. The summed E-state index contributed by atoms with van der Waals surface area (Å²) in [5, 5.41) is 8.51. The SMILES string of the molecule is O=C(c1cc2n(n1)CCCO2)N1CCC[C@H](Cc2nc(C3CC3)no2)C1. The number of ether oxygens (including phenoxy) is 1. The summed E-state index contributed by atoms with van der Waals surface area (Å²) >= 11 is 0. The van der Waals surface area contributed by atoms with Gasteiger partial charge in [-0.25, -0.2) is 4.68 Å². The van der Waals surface area contributed by atoms with Crippen LogP contribution in [-0.4, -0.2) is 50.4 Å². The molecule has 5 rings (SSSR count). The average Bonchev–Trinajstić information content (AvgIpc) is 3.26. The van der Waals surface area contributed by atoms with Gasteiger partial charge >= 0.3 is 0 Å². The number of carbonyl (C=O) groups is 1. The van der Waals surface area contributed by atoms with Gasteiger partial charge < -0.3 is 14.2 Å². The highest BCUT2D eigenvalue weighted by molar-refractivity contribution is 5.92. The van der Waals surface area contributed by atoms with Crippen molar-refractivity contribution in [2.75, 3.05) is 19.7 Å². The molecule has 0 aromatic carbocycles. The maximum atomic E-state index is 12.9. The minimum Gasteiger partial charge on any atom is -0.478 e. The van der Waals surface area contributed by atoms with Crippen LogP contribution in [0.1, 0.15) is 60.2 Å². The number of carbonyl (C=O) groups excluding carboxylic acids is 1. The molecule has 4 heterocycles. The fraction of sp³-hybridized carbons (Fsp3) is 0.667. The van der Waals surface area contributed by atoms with Gasteiger partial charge in [0.1, 0.15) is 0 Å². The second-order valence-electron chi connectivity index (χ2n) is 7.58. The van der Waals surface area contributed by atoms with Gasteiger partial charge in [-0.05, 0) is 31.6 Å². The van der Waals surface area contributed by atoms with E-state index in [1.807, 2.05) is 4.90 Å². The lowest BCUT2D eigenvalue weighted by Crippen LogP contribution is -2.40. The summed E-state index contributed by atoms with van der Waals surface area (Å²) in [7, 11) is 0. The van der Waals surface area contributed by atoms with Crippen molar-refractivity contribution >= 4 is 5.91 Å². The Kier molecular flexibility index (Phi) is 3.90. The van der Waals surface area contributed by atoms with E-state index in [4.69, 9.17) is 9.26 Å². The minimum absolute atomic E-state index is 0.00982. The van der Waals surface area contributed by atoms with Crippen molar-refractivity contribution in [1.29, 1.82) is 0 Å². The average molecular weight is 357 g/mol. The van der Waals surface area contributed by atoms with Crippen molar-refractivity contribution in [2.45, 2.75) is 51.0 Å². The Morgan fingerprint density at radius 3 is 3.00 bits per heavy atom. The molecule has 2 aliphatic heterocycles. The van der Waals surface area contributed by atoms with E-state index in [0.29, 0.717) is 42.5 Å². The quantitative estimate of drug-likeness (QED) is 0.832. The number of aromatic nitrogens is 4. The van der Waals surface area contributed by atoms with Gasteiger partial charge in [0.15, 0.2) is 11.5 Å². The Morgan fingerprint density at radius 2 is 2.15 bits per heavy atom. The fourth-order valence-corrected chi connectivity index (χ4v) is 3.85. The highest BCUT2D eigenvalue weighted by atomic mass is 16.5. The van der Waals surface area contributed by atoms with Crippen molar-refractivity contribution in [3.8, 4) is 5.88 Å². The molecule has 138 valence electrons. The first-order chi connectivity index (χ1) is 12.8. The van der Waals surface area contributed by atoms with Gasteiger partial charge in [-0.3, -0.25) is 4.79 Å². The molecular formula is C18H23N5O3. The topological polar surface area (TPSA) is 86.3 Å². The summed E-state index contributed by atoms with van der Waals surface area (Å²) in [6, 6.07) is 1.77. The number of fused-ring (bicyclic) bond motifs is 1. The van der Waals surface area contributed by atoms with Crippen LogP contribution in [0.3, 0.4) is 0 Å². The third-order valence-corrected chi connectivity index (χ3v) is 5.42. The summed E-state index contributed by atoms with van der Waals surface area (Å²) in [5.74, 6) is 3.11. The molecule has 1 amide bonds. The minimum atomic E-state index is -0.00982. The molecule has 2 aromatic rings. The highest BCUT2D eigenvalue weighted by Gasteiger charge is 2.31. The highest BCUT2D eigenvalue weighted by Crippen LogP contribution is 2.38. The second-order valence-corrected chi connectivity index (χ2v) is 7.58. The van der Waals surface area contributed by atoms with E-state index >= 15 is 0 Å². The molecule has 2 fully saturated rings. The Bertz CT molecular complexity index is 786. The number of amides is 1. The van der Waals surface area contributed by atoms with Crippen LogP contribution in [0.2, 0.25) is 0 Å². The van der Waals surface area contributed by atoms with Gasteiger partial charge in [0.2, 0.25) is 11.8 Å².